The van der Waals surface area contributed by atoms with Crippen LogP contribution >= 0.6 is 12.4 Å². The Hall–Kier alpha value is -0.740. The molecule has 1 nitrogen and oxygen atoms in total. The number of nitrogens with two attached hydrogens (primary N) is 1. The summed E-state index contributed by atoms with van der Waals surface area (Å²) in [5.41, 5.74) is 6.94. The summed E-state index contributed by atoms with van der Waals surface area (Å²) in [5, 5.41) is 0. The molecule has 15 heavy (non-hydrogen) atoms. The van der Waals surface area contributed by atoms with Crippen LogP contribution in [0.5, 0.6) is 0 Å². The summed E-state index contributed by atoms with van der Waals surface area (Å²) in [7, 11) is 0. The number of halogens is 4. The summed E-state index contributed by atoms with van der Waals surface area (Å²) < 4.78 is 36.0. The molecular formula is C10H13ClF3N. The second-order valence-electron chi connectivity index (χ2n) is 3.34. The van der Waals surface area contributed by atoms with Crippen LogP contribution in [0.4, 0.5) is 13.2 Å². The van der Waals surface area contributed by atoms with Crippen molar-refractivity contribution in [3.63, 3.8) is 0 Å². The van der Waals surface area contributed by atoms with Crippen molar-refractivity contribution >= 4 is 12.4 Å². The number of benzene rings is 1. The lowest BCUT2D eigenvalue weighted by Gasteiger charge is -2.14. The van der Waals surface area contributed by atoms with E-state index in [-0.39, 0.29) is 12.4 Å². The van der Waals surface area contributed by atoms with E-state index in [1.54, 1.807) is 24.3 Å². The van der Waals surface area contributed by atoms with Gasteiger partial charge in [-0.15, -0.1) is 12.4 Å². The van der Waals surface area contributed by atoms with Crippen molar-refractivity contribution in [1.29, 1.82) is 0 Å². The van der Waals surface area contributed by atoms with Crippen LogP contribution < -0.4 is 5.73 Å². The van der Waals surface area contributed by atoms with Crippen LogP contribution in [0.25, 0.3) is 0 Å². The Morgan fingerprint density at radius 2 is 1.67 bits per heavy atom. The van der Waals surface area contributed by atoms with E-state index >= 15 is 0 Å². The topological polar surface area (TPSA) is 26.0 Å². The average Bonchev–Trinajstić information content (AvgIpc) is 2.02. The molecule has 0 saturated heterocycles. The van der Waals surface area contributed by atoms with Crippen molar-refractivity contribution in [2.24, 2.45) is 5.73 Å². The Morgan fingerprint density at radius 1 is 1.20 bits per heavy atom. The van der Waals surface area contributed by atoms with Gasteiger partial charge in [-0.25, -0.2) is 0 Å². The minimum atomic E-state index is -4.20. The highest BCUT2D eigenvalue weighted by molar-refractivity contribution is 5.85. The largest absolute Gasteiger partial charge is 0.390 e. The van der Waals surface area contributed by atoms with E-state index in [9.17, 15) is 13.2 Å². The molecule has 0 aliphatic heterocycles. The van der Waals surface area contributed by atoms with E-state index < -0.39 is 18.6 Å². The maximum Gasteiger partial charge on any atom is 0.390 e. The lowest BCUT2D eigenvalue weighted by molar-refractivity contribution is -0.138. The molecule has 0 unspecified atom stereocenters. The first-order chi connectivity index (χ1) is 6.38. The van der Waals surface area contributed by atoms with E-state index in [0.717, 1.165) is 5.56 Å². The first-order valence-corrected chi connectivity index (χ1v) is 4.27. The summed E-state index contributed by atoms with van der Waals surface area (Å²) in [6.45, 7) is 1.87. The van der Waals surface area contributed by atoms with Crippen molar-refractivity contribution in [2.45, 2.75) is 25.6 Å². The summed E-state index contributed by atoms with van der Waals surface area (Å²) in [6.07, 6.45) is -5.18. The molecule has 0 saturated carbocycles. The number of rotatable bonds is 2. The van der Waals surface area contributed by atoms with Crippen LogP contribution in [0.1, 0.15) is 23.6 Å². The molecule has 0 amide bonds. The van der Waals surface area contributed by atoms with E-state index in [2.05, 4.69) is 0 Å². The van der Waals surface area contributed by atoms with E-state index in [4.69, 9.17) is 5.73 Å². The minimum absolute atomic E-state index is 0. The van der Waals surface area contributed by atoms with Gasteiger partial charge in [0, 0.05) is 6.04 Å². The number of hydrogen-bond donors (Lipinski definition) is 1. The number of aryl methyl sites for hydroxylation is 1. The molecule has 0 bridgehead atoms. The van der Waals surface area contributed by atoms with Gasteiger partial charge in [0.05, 0.1) is 6.42 Å². The van der Waals surface area contributed by atoms with Crippen LogP contribution in [0.15, 0.2) is 24.3 Å². The fourth-order valence-electron chi connectivity index (χ4n) is 1.18. The Balaban J connectivity index is 0.00000196. The fraction of sp³-hybridized carbons (Fsp3) is 0.400. The fourth-order valence-corrected chi connectivity index (χ4v) is 1.18. The molecular weight excluding hydrogens is 227 g/mol. The van der Waals surface area contributed by atoms with Gasteiger partial charge in [-0.2, -0.15) is 13.2 Å². The molecule has 0 heterocycles. The normalized spacial score (nSPS) is 13.1. The second kappa shape index (κ2) is 5.37. The van der Waals surface area contributed by atoms with E-state index in [1.807, 2.05) is 6.92 Å². The second-order valence-corrected chi connectivity index (χ2v) is 3.34. The van der Waals surface area contributed by atoms with Crippen molar-refractivity contribution < 1.29 is 13.2 Å². The summed E-state index contributed by atoms with van der Waals surface area (Å²) in [5.74, 6) is 0. The van der Waals surface area contributed by atoms with Gasteiger partial charge in [-0.1, -0.05) is 29.8 Å². The molecule has 86 valence electrons. The first-order valence-electron chi connectivity index (χ1n) is 4.27. The lowest BCUT2D eigenvalue weighted by Crippen LogP contribution is -2.20. The van der Waals surface area contributed by atoms with Crippen molar-refractivity contribution in [3.8, 4) is 0 Å². The lowest BCUT2D eigenvalue weighted by atomic mass is 10.0. The SMILES string of the molecule is Cc1ccc([C@@H](N)CC(F)(F)F)cc1.Cl. The predicted octanol–water partition coefficient (Wildman–Crippen LogP) is 3.37. The molecule has 0 aliphatic rings. The molecule has 1 rings (SSSR count). The minimum Gasteiger partial charge on any atom is -0.324 e. The molecule has 1 atom stereocenters. The Labute approximate surface area is 92.9 Å². The van der Waals surface area contributed by atoms with Crippen molar-refractivity contribution in [3.05, 3.63) is 35.4 Å². The monoisotopic (exact) mass is 239 g/mol. The van der Waals surface area contributed by atoms with Gasteiger partial charge in [0.25, 0.3) is 0 Å². The molecule has 0 spiro atoms. The molecule has 5 heteroatoms. The molecule has 0 radical (unpaired) electrons. The standard InChI is InChI=1S/C10H12F3N.ClH/c1-7-2-4-8(5-3-7)9(14)6-10(11,12)13;/h2-5,9H,6,14H2,1H3;1H/t9-;/m0./s1. The van der Waals surface area contributed by atoms with Crippen molar-refractivity contribution in [2.75, 3.05) is 0 Å². The van der Waals surface area contributed by atoms with Gasteiger partial charge >= 0.3 is 6.18 Å². The smallest absolute Gasteiger partial charge is 0.324 e. The number of hydrogen-bond acceptors (Lipinski definition) is 1. The Kier molecular flexibility index (Phi) is 5.11. The highest BCUT2D eigenvalue weighted by atomic mass is 35.5. The zero-order valence-corrected chi connectivity index (χ0v) is 9.03. The van der Waals surface area contributed by atoms with E-state index in [1.165, 1.54) is 0 Å². The molecule has 0 fully saturated rings. The van der Waals surface area contributed by atoms with Gasteiger partial charge in [-0.05, 0) is 12.5 Å². The molecule has 1 aromatic rings. The summed E-state index contributed by atoms with van der Waals surface area (Å²) >= 11 is 0. The van der Waals surface area contributed by atoms with Crippen LogP contribution in [0, 0.1) is 6.92 Å². The molecule has 0 aromatic heterocycles. The Bertz CT molecular complexity index is 295. The van der Waals surface area contributed by atoms with Gasteiger partial charge in [0.1, 0.15) is 0 Å². The van der Waals surface area contributed by atoms with Crippen LogP contribution in [0.3, 0.4) is 0 Å². The van der Waals surface area contributed by atoms with Crippen LogP contribution in [-0.2, 0) is 0 Å². The zero-order valence-electron chi connectivity index (χ0n) is 8.21. The van der Waals surface area contributed by atoms with Gasteiger partial charge in [0.15, 0.2) is 0 Å². The third-order valence-corrected chi connectivity index (χ3v) is 1.96. The van der Waals surface area contributed by atoms with Crippen LogP contribution in [-0.4, -0.2) is 6.18 Å². The van der Waals surface area contributed by atoms with Gasteiger partial charge < -0.3 is 5.73 Å². The maximum atomic E-state index is 12.0. The highest BCUT2D eigenvalue weighted by Crippen LogP contribution is 2.27. The maximum absolute atomic E-state index is 12.0. The van der Waals surface area contributed by atoms with Crippen LogP contribution in [0.2, 0.25) is 0 Å². The quantitative estimate of drug-likeness (QED) is 0.841. The van der Waals surface area contributed by atoms with E-state index in [0.29, 0.717) is 5.56 Å². The van der Waals surface area contributed by atoms with Gasteiger partial charge in [0.2, 0.25) is 0 Å². The Morgan fingerprint density at radius 3 is 2.07 bits per heavy atom. The zero-order chi connectivity index (χ0) is 10.8. The summed E-state index contributed by atoms with van der Waals surface area (Å²) in [6, 6.07) is 5.81. The molecule has 1 aromatic carbocycles. The summed E-state index contributed by atoms with van der Waals surface area (Å²) in [4.78, 5) is 0. The molecule has 2 N–H and O–H groups in total. The first kappa shape index (κ1) is 14.3. The highest BCUT2D eigenvalue weighted by Gasteiger charge is 2.30. The third kappa shape index (κ3) is 5.04. The molecule has 0 aliphatic carbocycles. The third-order valence-electron chi connectivity index (χ3n) is 1.96. The van der Waals surface area contributed by atoms with Crippen molar-refractivity contribution in [1.82, 2.24) is 0 Å². The average molecular weight is 240 g/mol. The predicted molar refractivity (Wildman–Crippen MR) is 56.0 cm³/mol. The van der Waals surface area contributed by atoms with Gasteiger partial charge in [-0.3, -0.25) is 0 Å². The number of alkyl halides is 3.